The summed E-state index contributed by atoms with van der Waals surface area (Å²) in [7, 11) is 1.41. The topological polar surface area (TPSA) is 90.7 Å². The summed E-state index contributed by atoms with van der Waals surface area (Å²) in [4.78, 5) is 22.4. The third-order valence-corrected chi connectivity index (χ3v) is 3.81. The fourth-order valence-corrected chi connectivity index (χ4v) is 2.30. The number of benzene rings is 2. The van der Waals surface area contributed by atoms with Crippen LogP contribution in [0.25, 0.3) is 0 Å². The Morgan fingerprint density at radius 1 is 1.30 bits per heavy atom. The zero-order valence-electron chi connectivity index (χ0n) is 12.1. The van der Waals surface area contributed by atoms with Crippen LogP contribution in [0.15, 0.2) is 42.5 Å². The van der Waals surface area contributed by atoms with Crippen LogP contribution in [0.4, 0.5) is 11.4 Å². The fraction of sp³-hybridized carbons (Fsp3) is 0.133. The summed E-state index contributed by atoms with van der Waals surface area (Å²) in [5.74, 6) is -0.0553. The van der Waals surface area contributed by atoms with Crippen LogP contribution in [-0.4, -0.2) is 24.5 Å². The number of hydrogen-bond acceptors (Lipinski definition) is 5. The van der Waals surface area contributed by atoms with Crippen LogP contribution >= 0.6 is 22.6 Å². The van der Waals surface area contributed by atoms with Crippen molar-refractivity contribution < 1.29 is 19.2 Å². The second-order valence-corrected chi connectivity index (χ2v) is 5.57. The molecule has 0 aromatic heterocycles. The Labute approximate surface area is 145 Å². The summed E-state index contributed by atoms with van der Waals surface area (Å²) < 4.78 is 11.1. The molecular weight excluding hydrogens is 415 g/mol. The lowest BCUT2D eigenvalue weighted by Gasteiger charge is -2.09. The highest BCUT2D eigenvalue weighted by atomic mass is 127. The van der Waals surface area contributed by atoms with Gasteiger partial charge in [-0.05, 0) is 46.9 Å². The fourth-order valence-electron chi connectivity index (χ4n) is 1.78. The molecule has 0 spiro atoms. The van der Waals surface area contributed by atoms with E-state index in [1.165, 1.54) is 25.3 Å². The number of ether oxygens (including phenoxy) is 2. The molecule has 0 radical (unpaired) electrons. The van der Waals surface area contributed by atoms with Gasteiger partial charge in [-0.15, -0.1) is 0 Å². The summed E-state index contributed by atoms with van der Waals surface area (Å²) in [5.41, 5.74) is 0.400. The maximum Gasteiger partial charge on any atom is 0.314 e. The molecule has 23 heavy (non-hydrogen) atoms. The predicted octanol–water partition coefficient (Wildman–Crippen LogP) is 3.23. The van der Waals surface area contributed by atoms with Crippen molar-refractivity contribution in [3.8, 4) is 11.5 Å². The Morgan fingerprint density at radius 3 is 2.70 bits per heavy atom. The lowest BCUT2D eigenvalue weighted by molar-refractivity contribution is -0.385. The first-order valence-electron chi connectivity index (χ1n) is 6.51. The normalized spacial score (nSPS) is 10.0. The van der Waals surface area contributed by atoms with Crippen molar-refractivity contribution >= 4 is 39.9 Å². The summed E-state index contributed by atoms with van der Waals surface area (Å²) in [6, 6.07) is 11.4. The summed E-state index contributed by atoms with van der Waals surface area (Å²) in [6.45, 7) is -0.335. The van der Waals surface area contributed by atoms with E-state index in [1.54, 1.807) is 12.1 Å². The first-order valence-corrected chi connectivity index (χ1v) is 7.58. The number of nitrogens with one attached hydrogen (secondary N) is 1. The number of amides is 1. The SMILES string of the molecule is COc1ccc(OCC(=O)Nc2ccccc2I)c([N+](=O)[O-])c1. The van der Waals surface area contributed by atoms with E-state index in [2.05, 4.69) is 27.9 Å². The van der Waals surface area contributed by atoms with Gasteiger partial charge < -0.3 is 14.8 Å². The molecule has 0 atom stereocenters. The Kier molecular flexibility index (Phi) is 5.74. The average molecular weight is 428 g/mol. The van der Waals surface area contributed by atoms with E-state index >= 15 is 0 Å². The number of nitro groups is 1. The van der Waals surface area contributed by atoms with Crippen molar-refractivity contribution in [3.63, 3.8) is 0 Å². The number of nitro benzene ring substituents is 1. The van der Waals surface area contributed by atoms with Crippen molar-refractivity contribution in [2.75, 3.05) is 19.0 Å². The lowest BCUT2D eigenvalue weighted by atomic mass is 10.3. The molecule has 0 unspecified atom stereocenters. The Bertz CT molecular complexity index is 736. The molecular formula is C15H13IN2O5. The molecule has 0 aliphatic heterocycles. The number of methoxy groups -OCH3 is 1. The van der Waals surface area contributed by atoms with E-state index in [1.807, 2.05) is 12.1 Å². The molecule has 1 amide bonds. The van der Waals surface area contributed by atoms with Crippen LogP contribution < -0.4 is 14.8 Å². The minimum absolute atomic E-state index is 0.00806. The number of anilines is 1. The number of carbonyl (C=O) groups excluding carboxylic acids is 1. The number of carbonyl (C=O) groups is 1. The number of rotatable bonds is 6. The van der Waals surface area contributed by atoms with Gasteiger partial charge in [0.15, 0.2) is 12.4 Å². The van der Waals surface area contributed by atoms with Crippen molar-refractivity contribution in [1.29, 1.82) is 0 Å². The minimum atomic E-state index is -0.587. The van der Waals surface area contributed by atoms with Crippen LogP contribution in [0.3, 0.4) is 0 Å². The Hall–Kier alpha value is -2.36. The van der Waals surface area contributed by atoms with Crippen LogP contribution in [0.2, 0.25) is 0 Å². The monoisotopic (exact) mass is 428 g/mol. The number of nitrogens with zero attached hydrogens (tertiary/aromatic N) is 1. The maximum absolute atomic E-state index is 11.9. The highest BCUT2D eigenvalue weighted by molar-refractivity contribution is 14.1. The number of halogens is 1. The molecule has 8 heteroatoms. The Balaban J connectivity index is 2.04. The standard InChI is InChI=1S/C15H13IN2O5/c1-22-10-6-7-14(13(8-10)18(20)21)23-9-15(19)17-12-5-3-2-4-11(12)16/h2-8H,9H2,1H3,(H,17,19). The number of hydrogen-bond donors (Lipinski definition) is 1. The molecule has 1 N–H and O–H groups in total. The van der Waals surface area contributed by atoms with Crippen LogP contribution in [0.5, 0.6) is 11.5 Å². The third-order valence-electron chi connectivity index (χ3n) is 2.87. The largest absolute Gasteiger partial charge is 0.496 e. The second-order valence-electron chi connectivity index (χ2n) is 4.41. The van der Waals surface area contributed by atoms with Gasteiger partial charge in [0.25, 0.3) is 5.91 Å². The highest BCUT2D eigenvalue weighted by Crippen LogP contribution is 2.31. The second kappa shape index (κ2) is 7.77. The molecule has 0 bridgehead atoms. The summed E-state index contributed by atoms with van der Waals surface area (Å²) in [6.07, 6.45) is 0. The molecule has 2 rings (SSSR count). The van der Waals surface area contributed by atoms with Crippen LogP contribution in [0.1, 0.15) is 0 Å². The van der Waals surface area contributed by atoms with Crippen LogP contribution in [-0.2, 0) is 4.79 Å². The molecule has 120 valence electrons. The average Bonchev–Trinajstić information content (AvgIpc) is 2.54. The van der Waals surface area contributed by atoms with Gasteiger partial charge in [-0.25, -0.2) is 0 Å². The van der Waals surface area contributed by atoms with Gasteiger partial charge in [0, 0.05) is 3.57 Å². The summed E-state index contributed by atoms with van der Waals surface area (Å²) in [5, 5.41) is 13.7. The number of para-hydroxylation sites is 1. The van der Waals surface area contributed by atoms with Gasteiger partial charge in [0.1, 0.15) is 5.75 Å². The molecule has 0 aliphatic carbocycles. The highest BCUT2D eigenvalue weighted by Gasteiger charge is 2.17. The quantitative estimate of drug-likeness (QED) is 0.434. The first-order chi connectivity index (χ1) is 11.0. The van der Waals surface area contributed by atoms with E-state index in [9.17, 15) is 14.9 Å². The van der Waals surface area contributed by atoms with E-state index in [-0.39, 0.29) is 18.0 Å². The van der Waals surface area contributed by atoms with Crippen molar-refractivity contribution in [1.82, 2.24) is 0 Å². The minimum Gasteiger partial charge on any atom is -0.496 e. The molecule has 0 saturated carbocycles. The van der Waals surface area contributed by atoms with E-state index in [0.717, 1.165) is 3.57 Å². The van der Waals surface area contributed by atoms with Crippen molar-refractivity contribution in [3.05, 3.63) is 56.1 Å². The smallest absolute Gasteiger partial charge is 0.314 e. The van der Waals surface area contributed by atoms with Gasteiger partial charge in [0.05, 0.1) is 23.8 Å². The van der Waals surface area contributed by atoms with E-state index < -0.39 is 10.8 Å². The van der Waals surface area contributed by atoms with Gasteiger partial charge in [-0.2, -0.15) is 0 Å². The molecule has 7 nitrogen and oxygen atoms in total. The van der Waals surface area contributed by atoms with Gasteiger partial charge in [-0.3, -0.25) is 14.9 Å². The zero-order chi connectivity index (χ0) is 16.8. The molecule has 0 fully saturated rings. The van der Waals surface area contributed by atoms with Crippen LogP contribution in [0, 0.1) is 13.7 Å². The van der Waals surface area contributed by atoms with E-state index in [4.69, 9.17) is 9.47 Å². The molecule has 2 aromatic carbocycles. The molecule has 2 aromatic rings. The lowest BCUT2D eigenvalue weighted by Crippen LogP contribution is -2.20. The summed E-state index contributed by atoms with van der Waals surface area (Å²) >= 11 is 2.10. The van der Waals surface area contributed by atoms with Gasteiger partial charge in [-0.1, -0.05) is 12.1 Å². The molecule has 0 aliphatic rings. The molecule has 0 heterocycles. The Morgan fingerprint density at radius 2 is 2.04 bits per heavy atom. The van der Waals surface area contributed by atoms with E-state index in [0.29, 0.717) is 11.4 Å². The first kappa shape index (κ1) is 17.0. The van der Waals surface area contributed by atoms with Gasteiger partial charge >= 0.3 is 5.69 Å². The van der Waals surface area contributed by atoms with Crippen molar-refractivity contribution in [2.24, 2.45) is 0 Å². The molecule has 0 saturated heterocycles. The van der Waals surface area contributed by atoms with Crippen molar-refractivity contribution in [2.45, 2.75) is 0 Å². The van der Waals surface area contributed by atoms with Gasteiger partial charge in [0.2, 0.25) is 0 Å². The zero-order valence-corrected chi connectivity index (χ0v) is 14.3. The maximum atomic E-state index is 11.9. The predicted molar refractivity (Wildman–Crippen MR) is 92.9 cm³/mol. The third kappa shape index (κ3) is 4.55.